The van der Waals surface area contributed by atoms with E-state index in [9.17, 15) is 0 Å². The normalized spacial score (nSPS) is 39.9. The minimum absolute atomic E-state index is 0.507. The second-order valence-electron chi connectivity index (χ2n) is 10.7. The fraction of sp³-hybridized carbons (Fsp3) is 1.00. The van der Waals surface area contributed by atoms with Crippen molar-refractivity contribution < 1.29 is 0 Å². The monoisotopic (exact) mass is 320 g/mol. The lowest BCUT2D eigenvalue weighted by atomic mass is 9.51. The van der Waals surface area contributed by atoms with Gasteiger partial charge in [0.25, 0.3) is 0 Å². The lowest BCUT2D eigenvalue weighted by Crippen LogP contribution is -2.46. The Bertz CT molecular complexity index is 330. The van der Waals surface area contributed by atoms with E-state index in [1.165, 1.54) is 38.5 Å². The van der Waals surface area contributed by atoms with Gasteiger partial charge in [-0.3, -0.25) is 0 Å². The maximum absolute atomic E-state index is 2.66. The summed E-state index contributed by atoms with van der Waals surface area (Å²) in [6.07, 6.45) is 8.83. The van der Waals surface area contributed by atoms with Crippen LogP contribution < -0.4 is 0 Å². The van der Waals surface area contributed by atoms with Crippen LogP contribution >= 0.6 is 0 Å². The smallest absolute Gasteiger partial charge is 0.0292 e. The molecule has 0 amide bonds. The second-order valence-corrected chi connectivity index (χ2v) is 10.7. The van der Waals surface area contributed by atoms with E-state index in [1.54, 1.807) is 0 Å². The molecule has 2 aliphatic rings. The lowest BCUT2D eigenvalue weighted by Gasteiger charge is -2.54. The summed E-state index contributed by atoms with van der Waals surface area (Å²) in [5, 5.41) is 0. The second kappa shape index (κ2) is 7.49. The first-order valence-electron chi connectivity index (χ1n) is 10.6. The van der Waals surface area contributed by atoms with Crippen molar-refractivity contribution in [3.05, 3.63) is 0 Å². The van der Waals surface area contributed by atoms with Crippen molar-refractivity contribution in [1.82, 2.24) is 0 Å². The van der Waals surface area contributed by atoms with Crippen LogP contribution in [0.5, 0.6) is 0 Å². The molecular formula is C23H44. The van der Waals surface area contributed by atoms with Gasteiger partial charge in [-0.05, 0) is 78.4 Å². The van der Waals surface area contributed by atoms with E-state index < -0.39 is 0 Å². The fourth-order valence-corrected chi connectivity index (χ4v) is 6.39. The molecule has 2 fully saturated rings. The van der Waals surface area contributed by atoms with Crippen molar-refractivity contribution in [3.63, 3.8) is 0 Å². The maximum atomic E-state index is 2.66. The summed E-state index contributed by atoms with van der Waals surface area (Å²) in [6.45, 7) is 20.2. The highest BCUT2D eigenvalue weighted by Gasteiger charge is 2.48. The molecule has 0 spiro atoms. The van der Waals surface area contributed by atoms with E-state index >= 15 is 0 Å². The third kappa shape index (κ3) is 4.16. The van der Waals surface area contributed by atoms with Crippen molar-refractivity contribution in [2.75, 3.05) is 0 Å². The van der Waals surface area contributed by atoms with Gasteiger partial charge in [0.05, 0.1) is 0 Å². The first kappa shape index (κ1) is 19.3. The molecule has 0 nitrogen and oxygen atoms in total. The van der Waals surface area contributed by atoms with Gasteiger partial charge in [-0.1, -0.05) is 68.2 Å². The van der Waals surface area contributed by atoms with Crippen molar-refractivity contribution >= 4 is 0 Å². The van der Waals surface area contributed by atoms with Gasteiger partial charge in [0.1, 0.15) is 0 Å². The molecule has 0 aromatic rings. The largest absolute Gasteiger partial charge is 0.0625 e. The van der Waals surface area contributed by atoms with Crippen LogP contribution in [0, 0.1) is 52.8 Å². The predicted molar refractivity (Wildman–Crippen MR) is 103 cm³/mol. The Kier molecular flexibility index (Phi) is 6.29. The minimum atomic E-state index is 0.507. The van der Waals surface area contributed by atoms with Gasteiger partial charge >= 0.3 is 0 Å². The van der Waals surface area contributed by atoms with E-state index in [4.69, 9.17) is 0 Å². The average molecular weight is 321 g/mol. The Morgan fingerprint density at radius 1 is 0.652 bits per heavy atom. The molecule has 23 heavy (non-hydrogen) atoms. The summed E-state index contributed by atoms with van der Waals surface area (Å²) in [4.78, 5) is 0. The number of hydrogen-bond donors (Lipinski definition) is 0. The van der Waals surface area contributed by atoms with E-state index in [0.717, 1.165) is 47.3 Å². The Morgan fingerprint density at radius 2 is 1.00 bits per heavy atom. The molecule has 0 saturated heterocycles. The Balaban J connectivity index is 2.28. The molecule has 2 aliphatic carbocycles. The molecule has 6 unspecified atom stereocenters. The third-order valence-electron chi connectivity index (χ3n) is 7.96. The highest BCUT2D eigenvalue weighted by atomic mass is 14.5. The quantitative estimate of drug-likeness (QED) is 0.505. The zero-order valence-electron chi connectivity index (χ0n) is 17.4. The van der Waals surface area contributed by atoms with E-state index in [0.29, 0.717) is 5.41 Å². The topological polar surface area (TPSA) is 0 Å². The van der Waals surface area contributed by atoms with Gasteiger partial charge < -0.3 is 0 Å². The molecule has 0 aliphatic heterocycles. The average Bonchev–Trinajstić information content (AvgIpc) is 2.46. The molecule has 0 heterocycles. The highest BCUT2D eigenvalue weighted by molar-refractivity contribution is 4.97. The first-order chi connectivity index (χ1) is 10.6. The van der Waals surface area contributed by atoms with Gasteiger partial charge in [-0.15, -0.1) is 0 Å². The molecule has 6 atom stereocenters. The van der Waals surface area contributed by atoms with Crippen molar-refractivity contribution in [3.8, 4) is 0 Å². The van der Waals surface area contributed by atoms with Crippen LogP contribution in [0.2, 0.25) is 0 Å². The SMILES string of the molecule is CC1CCC(C(C)C)C(C(C)(C)C2CC(C)CCC2C(C)C)C1. The molecule has 0 aromatic carbocycles. The van der Waals surface area contributed by atoms with Gasteiger partial charge in [0, 0.05) is 0 Å². The Morgan fingerprint density at radius 3 is 1.30 bits per heavy atom. The van der Waals surface area contributed by atoms with Crippen LogP contribution in [-0.2, 0) is 0 Å². The van der Waals surface area contributed by atoms with Crippen LogP contribution in [0.25, 0.3) is 0 Å². The van der Waals surface area contributed by atoms with Crippen molar-refractivity contribution in [1.29, 1.82) is 0 Å². The van der Waals surface area contributed by atoms with Crippen molar-refractivity contribution in [2.24, 2.45) is 52.8 Å². The van der Waals surface area contributed by atoms with Gasteiger partial charge in [-0.25, -0.2) is 0 Å². The van der Waals surface area contributed by atoms with Crippen LogP contribution in [-0.4, -0.2) is 0 Å². The Hall–Kier alpha value is 0. The van der Waals surface area contributed by atoms with E-state index in [-0.39, 0.29) is 0 Å². The number of hydrogen-bond acceptors (Lipinski definition) is 0. The molecule has 2 saturated carbocycles. The fourth-order valence-electron chi connectivity index (χ4n) is 6.39. The van der Waals surface area contributed by atoms with Crippen LogP contribution in [0.3, 0.4) is 0 Å². The zero-order chi connectivity index (χ0) is 17.4. The molecule has 0 bridgehead atoms. The molecule has 0 radical (unpaired) electrons. The molecule has 0 N–H and O–H groups in total. The Labute approximate surface area is 147 Å². The molecule has 0 aromatic heterocycles. The first-order valence-corrected chi connectivity index (χ1v) is 10.6. The molecule has 2 rings (SSSR count). The van der Waals surface area contributed by atoms with Gasteiger partial charge in [-0.2, -0.15) is 0 Å². The molecule has 136 valence electrons. The van der Waals surface area contributed by atoms with Crippen LogP contribution in [0.15, 0.2) is 0 Å². The highest BCUT2D eigenvalue weighted by Crippen LogP contribution is 2.56. The number of rotatable bonds is 4. The standard InChI is InChI=1S/C23H44/c1-15(2)19-11-9-17(5)13-21(19)23(7,8)22-14-18(6)10-12-20(22)16(3)4/h15-22H,9-14H2,1-8H3. The molecular weight excluding hydrogens is 276 g/mol. The maximum Gasteiger partial charge on any atom is -0.0292 e. The van der Waals surface area contributed by atoms with Crippen LogP contribution in [0.1, 0.15) is 93.9 Å². The predicted octanol–water partition coefficient (Wildman–Crippen LogP) is 7.43. The summed E-state index contributed by atoms with van der Waals surface area (Å²) in [5.41, 5.74) is 0.507. The zero-order valence-corrected chi connectivity index (χ0v) is 17.4. The third-order valence-corrected chi connectivity index (χ3v) is 7.96. The van der Waals surface area contributed by atoms with Crippen LogP contribution in [0.4, 0.5) is 0 Å². The lowest BCUT2D eigenvalue weighted by molar-refractivity contribution is -0.0499. The molecule has 0 heteroatoms. The van der Waals surface area contributed by atoms with Crippen molar-refractivity contribution in [2.45, 2.75) is 93.9 Å². The van der Waals surface area contributed by atoms with Gasteiger partial charge in [0.2, 0.25) is 0 Å². The minimum Gasteiger partial charge on any atom is -0.0625 e. The summed E-state index contributed by atoms with van der Waals surface area (Å²) in [5.74, 6) is 7.35. The van der Waals surface area contributed by atoms with E-state index in [1.807, 2.05) is 0 Å². The summed E-state index contributed by atoms with van der Waals surface area (Å²) < 4.78 is 0. The van der Waals surface area contributed by atoms with E-state index in [2.05, 4.69) is 55.4 Å². The summed E-state index contributed by atoms with van der Waals surface area (Å²) in [6, 6.07) is 0. The summed E-state index contributed by atoms with van der Waals surface area (Å²) >= 11 is 0. The van der Waals surface area contributed by atoms with Gasteiger partial charge in [0.15, 0.2) is 0 Å². The summed E-state index contributed by atoms with van der Waals surface area (Å²) in [7, 11) is 0.